The van der Waals surface area contributed by atoms with Gasteiger partial charge in [0.15, 0.2) is 0 Å². The van der Waals surface area contributed by atoms with E-state index >= 15 is 0 Å². The van der Waals surface area contributed by atoms with Crippen LogP contribution < -0.4 is 5.73 Å². The molecule has 0 aliphatic rings. The maximum atomic E-state index is 13.2. The number of nitro benzene ring substituents is 1. The molecule has 23 heavy (non-hydrogen) atoms. The molecule has 0 heterocycles. The zero-order chi connectivity index (χ0) is 17.4. The summed E-state index contributed by atoms with van der Waals surface area (Å²) in [6, 6.07) is 7.43. The van der Waals surface area contributed by atoms with Crippen LogP contribution in [0.25, 0.3) is 0 Å². The Bertz CT molecular complexity index is 763. The third-order valence-corrected chi connectivity index (χ3v) is 3.77. The number of anilines is 1. The van der Waals surface area contributed by atoms with Gasteiger partial charge in [-0.2, -0.15) is 13.2 Å². The fraction of sp³-hybridized carbons (Fsp3) is 0.200. The lowest BCUT2D eigenvalue weighted by atomic mass is 9.89. The topological polar surface area (TPSA) is 69.2 Å². The second-order valence-corrected chi connectivity index (χ2v) is 5.46. The predicted octanol–water partition coefficient (Wildman–Crippen LogP) is 5.00. The van der Waals surface area contributed by atoms with E-state index < -0.39 is 22.6 Å². The molecule has 0 aromatic heterocycles. The van der Waals surface area contributed by atoms with Crippen molar-refractivity contribution < 1.29 is 18.1 Å². The zero-order valence-electron chi connectivity index (χ0n) is 11.9. The van der Waals surface area contributed by atoms with Crippen LogP contribution in [-0.4, -0.2) is 4.92 Å². The highest BCUT2D eigenvalue weighted by Crippen LogP contribution is 2.39. The Morgan fingerprint density at radius 2 is 1.87 bits per heavy atom. The van der Waals surface area contributed by atoms with Crippen molar-refractivity contribution in [3.05, 3.63) is 68.2 Å². The molecule has 2 aromatic rings. The molecule has 0 aliphatic carbocycles. The van der Waals surface area contributed by atoms with Crippen LogP contribution in [0, 0.1) is 10.1 Å². The van der Waals surface area contributed by atoms with Crippen molar-refractivity contribution in [2.75, 3.05) is 5.73 Å². The van der Waals surface area contributed by atoms with Gasteiger partial charge in [0, 0.05) is 17.0 Å². The van der Waals surface area contributed by atoms with Crippen LogP contribution in [-0.2, 0) is 6.18 Å². The molecule has 0 amide bonds. The monoisotopic (exact) mass is 344 g/mol. The molecule has 2 rings (SSSR count). The maximum Gasteiger partial charge on any atom is 0.416 e. The maximum absolute atomic E-state index is 13.2. The van der Waals surface area contributed by atoms with Crippen LogP contribution in [0.5, 0.6) is 0 Å². The summed E-state index contributed by atoms with van der Waals surface area (Å²) in [5, 5.41) is 10.7. The first-order chi connectivity index (χ1) is 10.6. The molecule has 0 bridgehead atoms. The molecule has 0 radical (unpaired) electrons. The quantitative estimate of drug-likeness (QED) is 0.484. The van der Waals surface area contributed by atoms with Crippen LogP contribution in [0.1, 0.15) is 29.5 Å². The fourth-order valence-electron chi connectivity index (χ4n) is 2.34. The second kappa shape index (κ2) is 6.08. The van der Waals surface area contributed by atoms with E-state index in [0.717, 1.165) is 6.07 Å². The van der Waals surface area contributed by atoms with E-state index in [1.807, 2.05) is 0 Å². The van der Waals surface area contributed by atoms with Crippen LogP contribution in [0.15, 0.2) is 36.4 Å². The molecule has 1 unspecified atom stereocenters. The van der Waals surface area contributed by atoms with Gasteiger partial charge in [-0.3, -0.25) is 10.1 Å². The van der Waals surface area contributed by atoms with Crippen LogP contribution >= 0.6 is 11.6 Å². The van der Waals surface area contributed by atoms with Gasteiger partial charge in [0.1, 0.15) is 5.69 Å². The van der Waals surface area contributed by atoms with Crippen LogP contribution in [0.2, 0.25) is 5.02 Å². The highest BCUT2D eigenvalue weighted by molar-refractivity contribution is 6.30. The van der Waals surface area contributed by atoms with Crippen molar-refractivity contribution in [2.24, 2.45) is 0 Å². The van der Waals surface area contributed by atoms with E-state index in [1.54, 1.807) is 6.92 Å². The van der Waals surface area contributed by atoms with Gasteiger partial charge in [0.05, 0.1) is 10.5 Å². The molecule has 4 nitrogen and oxygen atoms in total. The summed E-state index contributed by atoms with van der Waals surface area (Å²) >= 11 is 5.66. The Morgan fingerprint density at radius 3 is 2.39 bits per heavy atom. The Labute approximate surface area is 134 Å². The summed E-state index contributed by atoms with van der Waals surface area (Å²) in [6.45, 7) is 1.57. The van der Waals surface area contributed by atoms with Crippen LogP contribution in [0.3, 0.4) is 0 Å². The number of benzene rings is 2. The van der Waals surface area contributed by atoms with E-state index in [1.165, 1.54) is 30.3 Å². The molecule has 0 fully saturated rings. The largest absolute Gasteiger partial charge is 0.416 e. The minimum atomic E-state index is -4.55. The lowest BCUT2D eigenvalue weighted by Gasteiger charge is -2.19. The van der Waals surface area contributed by atoms with Crippen molar-refractivity contribution in [3.8, 4) is 0 Å². The van der Waals surface area contributed by atoms with Gasteiger partial charge in [-0.05, 0) is 29.3 Å². The van der Waals surface area contributed by atoms with Crippen molar-refractivity contribution in [2.45, 2.75) is 19.0 Å². The Hall–Kier alpha value is -2.28. The molecular weight excluding hydrogens is 333 g/mol. The number of nitrogens with zero attached hydrogens (tertiary/aromatic N) is 1. The van der Waals surface area contributed by atoms with E-state index in [2.05, 4.69) is 0 Å². The first-order valence-corrected chi connectivity index (χ1v) is 6.89. The summed E-state index contributed by atoms with van der Waals surface area (Å²) in [5.74, 6) is -0.660. The minimum Gasteiger partial charge on any atom is -0.393 e. The Balaban J connectivity index is 2.51. The minimum absolute atomic E-state index is 0.0171. The standard InChI is InChI=1S/C15H12ClF3N2O2/c1-8(9-2-5-14(21(22)23)13(20)6-9)11-4-3-10(16)7-12(11)15(17,18)19/h2-8H,20H2,1H3. The molecule has 0 aliphatic heterocycles. The lowest BCUT2D eigenvalue weighted by Crippen LogP contribution is -2.12. The van der Waals surface area contributed by atoms with E-state index in [0.29, 0.717) is 5.56 Å². The van der Waals surface area contributed by atoms with Gasteiger partial charge in [-0.25, -0.2) is 0 Å². The van der Waals surface area contributed by atoms with Crippen molar-refractivity contribution in [1.82, 2.24) is 0 Å². The summed E-state index contributed by atoms with van der Waals surface area (Å²) in [7, 11) is 0. The highest BCUT2D eigenvalue weighted by Gasteiger charge is 2.35. The van der Waals surface area contributed by atoms with Crippen molar-refractivity contribution in [1.29, 1.82) is 0 Å². The average molecular weight is 345 g/mol. The average Bonchev–Trinajstić information content (AvgIpc) is 2.45. The molecule has 2 N–H and O–H groups in total. The van der Waals surface area contributed by atoms with Crippen molar-refractivity contribution >= 4 is 23.0 Å². The number of halogens is 4. The molecular formula is C15H12ClF3N2O2. The summed E-state index contributed by atoms with van der Waals surface area (Å²) in [6.07, 6.45) is -4.55. The molecule has 8 heteroatoms. The van der Waals surface area contributed by atoms with E-state index in [4.69, 9.17) is 17.3 Å². The molecule has 2 aromatic carbocycles. The van der Waals surface area contributed by atoms with E-state index in [-0.39, 0.29) is 22.0 Å². The zero-order valence-corrected chi connectivity index (χ0v) is 12.7. The Morgan fingerprint density at radius 1 is 1.22 bits per heavy atom. The SMILES string of the molecule is CC(c1ccc([N+](=O)[O-])c(N)c1)c1ccc(Cl)cc1C(F)(F)F. The number of nitrogen functional groups attached to an aromatic ring is 1. The number of nitro groups is 1. The smallest absolute Gasteiger partial charge is 0.393 e. The van der Waals surface area contributed by atoms with Gasteiger partial charge in [-0.15, -0.1) is 0 Å². The fourth-order valence-corrected chi connectivity index (χ4v) is 2.51. The van der Waals surface area contributed by atoms with Gasteiger partial charge in [0.25, 0.3) is 5.69 Å². The van der Waals surface area contributed by atoms with Gasteiger partial charge in [0.2, 0.25) is 0 Å². The molecule has 122 valence electrons. The Kier molecular flexibility index (Phi) is 4.51. The normalized spacial score (nSPS) is 12.9. The summed E-state index contributed by atoms with van der Waals surface area (Å²) in [4.78, 5) is 10.1. The number of hydrogen-bond donors (Lipinski definition) is 1. The molecule has 0 spiro atoms. The van der Waals surface area contributed by atoms with E-state index in [9.17, 15) is 23.3 Å². The van der Waals surface area contributed by atoms with Crippen LogP contribution in [0.4, 0.5) is 24.5 Å². The first kappa shape index (κ1) is 17.1. The van der Waals surface area contributed by atoms with Gasteiger partial charge >= 0.3 is 6.18 Å². The number of rotatable bonds is 3. The summed E-state index contributed by atoms with van der Waals surface area (Å²) < 4.78 is 39.5. The predicted molar refractivity (Wildman–Crippen MR) is 81.5 cm³/mol. The lowest BCUT2D eigenvalue weighted by molar-refractivity contribution is -0.383. The second-order valence-electron chi connectivity index (χ2n) is 5.03. The van der Waals surface area contributed by atoms with Gasteiger partial charge in [-0.1, -0.05) is 30.7 Å². The summed E-state index contributed by atoms with van der Waals surface area (Å²) in [5.41, 5.74) is 4.85. The van der Waals surface area contributed by atoms with Crippen molar-refractivity contribution in [3.63, 3.8) is 0 Å². The van der Waals surface area contributed by atoms with Gasteiger partial charge < -0.3 is 5.73 Å². The number of nitrogens with two attached hydrogens (primary N) is 1. The number of alkyl halides is 3. The highest BCUT2D eigenvalue weighted by atomic mass is 35.5. The third kappa shape index (κ3) is 3.56. The number of hydrogen-bond acceptors (Lipinski definition) is 3. The molecule has 1 atom stereocenters. The first-order valence-electron chi connectivity index (χ1n) is 6.51. The third-order valence-electron chi connectivity index (χ3n) is 3.54. The molecule has 0 saturated carbocycles. The molecule has 0 saturated heterocycles.